The molecule has 1 fully saturated rings. The molecule has 1 aliphatic heterocycles. The van der Waals surface area contributed by atoms with Crippen molar-refractivity contribution in [1.29, 1.82) is 0 Å². The van der Waals surface area contributed by atoms with Crippen molar-refractivity contribution in [2.45, 2.75) is 6.54 Å². The molecule has 0 N–H and O–H groups in total. The molecule has 0 aliphatic carbocycles. The van der Waals surface area contributed by atoms with E-state index in [-0.39, 0.29) is 5.56 Å². The molecule has 2 rings (SSSR count). The monoisotopic (exact) mass is 291 g/mol. The summed E-state index contributed by atoms with van der Waals surface area (Å²) in [5, 5.41) is 0. The van der Waals surface area contributed by atoms with E-state index in [1.165, 1.54) is 12.1 Å². The Bertz CT molecular complexity index is 380. The van der Waals surface area contributed by atoms with Gasteiger partial charge in [0.2, 0.25) is 0 Å². The van der Waals surface area contributed by atoms with E-state index < -0.39 is 11.6 Å². The Balaban J connectivity index is 2.16. The van der Waals surface area contributed by atoms with E-state index in [1.54, 1.807) is 0 Å². The van der Waals surface area contributed by atoms with Crippen molar-refractivity contribution < 1.29 is 13.5 Å². The Morgan fingerprint density at radius 1 is 1.25 bits per heavy atom. The molecule has 0 unspecified atom stereocenters. The van der Waals surface area contributed by atoms with Crippen LogP contribution >= 0.6 is 15.9 Å². The van der Waals surface area contributed by atoms with Crippen LogP contribution in [0.1, 0.15) is 5.56 Å². The molecule has 0 spiro atoms. The third-order valence-corrected chi connectivity index (χ3v) is 3.24. The lowest BCUT2D eigenvalue weighted by Crippen LogP contribution is -2.36. The van der Waals surface area contributed by atoms with Crippen LogP contribution in [0.5, 0.6) is 0 Å². The number of morpholine rings is 1. The van der Waals surface area contributed by atoms with Crippen molar-refractivity contribution in [3.8, 4) is 0 Å². The molecule has 1 aromatic rings. The summed E-state index contributed by atoms with van der Waals surface area (Å²) in [6.45, 7) is 2.96. The number of nitrogens with zero attached hydrogens (tertiary/aromatic N) is 1. The van der Waals surface area contributed by atoms with E-state index in [1.807, 2.05) is 4.90 Å². The van der Waals surface area contributed by atoms with Crippen LogP contribution in [0.15, 0.2) is 16.6 Å². The second kappa shape index (κ2) is 5.21. The van der Waals surface area contributed by atoms with Gasteiger partial charge in [-0.2, -0.15) is 0 Å². The maximum absolute atomic E-state index is 13.7. The summed E-state index contributed by atoms with van der Waals surface area (Å²) >= 11 is 3.06. The molecule has 0 bridgehead atoms. The third kappa shape index (κ3) is 2.59. The maximum Gasteiger partial charge on any atom is 0.144 e. The zero-order valence-electron chi connectivity index (χ0n) is 8.68. The van der Waals surface area contributed by atoms with Crippen LogP contribution in [0.4, 0.5) is 8.78 Å². The minimum absolute atomic E-state index is 0.122. The van der Waals surface area contributed by atoms with Crippen LogP contribution in [0.3, 0.4) is 0 Å². The Hall–Kier alpha value is -0.520. The van der Waals surface area contributed by atoms with E-state index in [9.17, 15) is 8.78 Å². The van der Waals surface area contributed by atoms with E-state index >= 15 is 0 Å². The summed E-state index contributed by atoms with van der Waals surface area (Å²) in [5.74, 6) is -1.00. The molecule has 0 radical (unpaired) electrons. The minimum Gasteiger partial charge on any atom is -0.379 e. The predicted octanol–water partition coefficient (Wildman–Crippen LogP) is 2.56. The van der Waals surface area contributed by atoms with Crippen LogP contribution in [-0.2, 0) is 11.3 Å². The SMILES string of the molecule is Fc1ccc(Br)c(F)c1CN1CCOCC1. The van der Waals surface area contributed by atoms with Gasteiger partial charge in [0, 0.05) is 25.2 Å². The summed E-state index contributed by atoms with van der Waals surface area (Å²) < 4.78 is 32.6. The average molecular weight is 292 g/mol. The first-order valence-corrected chi connectivity index (χ1v) is 5.90. The number of hydrogen-bond acceptors (Lipinski definition) is 2. The van der Waals surface area contributed by atoms with Gasteiger partial charge < -0.3 is 4.74 Å². The first-order chi connectivity index (χ1) is 7.68. The summed E-state index contributed by atoms with van der Waals surface area (Å²) in [5.41, 5.74) is 0.122. The lowest BCUT2D eigenvalue weighted by molar-refractivity contribution is 0.0332. The highest BCUT2D eigenvalue weighted by Crippen LogP contribution is 2.23. The van der Waals surface area contributed by atoms with Gasteiger partial charge in [-0.25, -0.2) is 8.78 Å². The van der Waals surface area contributed by atoms with Gasteiger partial charge in [0.25, 0.3) is 0 Å². The molecule has 0 saturated carbocycles. The first kappa shape index (κ1) is 12.0. The lowest BCUT2D eigenvalue weighted by atomic mass is 10.2. The highest BCUT2D eigenvalue weighted by atomic mass is 79.9. The quantitative estimate of drug-likeness (QED) is 0.777. The molecule has 0 aromatic heterocycles. The zero-order valence-corrected chi connectivity index (χ0v) is 10.3. The van der Waals surface area contributed by atoms with Gasteiger partial charge in [-0.1, -0.05) is 0 Å². The predicted molar refractivity (Wildman–Crippen MR) is 60.2 cm³/mol. The van der Waals surface area contributed by atoms with Crippen molar-refractivity contribution in [2.24, 2.45) is 0 Å². The molecule has 88 valence electrons. The summed E-state index contributed by atoms with van der Waals surface area (Å²) in [6, 6.07) is 2.66. The van der Waals surface area contributed by atoms with Gasteiger partial charge in [0.1, 0.15) is 11.6 Å². The molecule has 5 heteroatoms. The van der Waals surface area contributed by atoms with E-state index in [2.05, 4.69) is 15.9 Å². The van der Waals surface area contributed by atoms with Gasteiger partial charge in [0.05, 0.1) is 17.7 Å². The van der Waals surface area contributed by atoms with Gasteiger partial charge in [-0.15, -0.1) is 0 Å². The Morgan fingerprint density at radius 3 is 2.62 bits per heavy atom. The Kier molecular flexibility index (Phi) is 3.89. The average Bonchev–Trinajstić information content (AvgIpc) is 2.31. The van der Waals surface area contributed by atoms with Crippen molar-refractivity contribution in [3.05, 3.63) is 33.8 Å². The fraction of sp³-hybridized carbons (Fsp3) is 0.455. The minimum atomic E-state index is -0.508. The number of hydrogen-bond donors (Lipinski definition) is 0. The molecule has 1 aromatic carbocycles. The Labute approximate surface area is 101 Å². The first-order valence-electron chi connectivity index (χ1n) is 5.11. The van der Waals surface area contributed by atoms with Crippen molar-refractivity contribution in [1.82, 2.24) is 4.90 Å². The maximum atomic E-state index is 13.7. The topological polar surface area (TPSA) is 12.5 Å². The van der Waals surface area contributed by atoms with Crippen LogP contribution in [0.25, 0.3) is 0 Å². The lowest BCUT2D eigenvalue weighted by Gasteiger charge is -2.26. The zero-order chi connectivity index (χ0) is 11.5. The highest BCUT2D eigenvalue weighted by Gasteiger charge is 2.17. The Morgan fingerprint density at radius 2 is 1.94 bits per heavy atom. The molecule has 0 atom stereocenters. The summed E-state index contributed by atoms with van der Waals surface area (Å²) in [4.78, 5) is 1.98. The smallest absolute Gasteiger partial charge is 0.144 e. The fourth-order valence-corrected chi connectivity index (χ4v) is 2.07. The number of halogens is 3. The van der Waals surface area contributed by atoms with Gasteiger partial charge in [0.15, 0.2) is 0 Å². The number of benzene rings is 1. The molecule has 1 heterocycles. The van der Waals surface area contributed by atoms with Gasteiger partial charge >= 0.3 is 0 Å². The van der Waals surface area contributed by atoms with Crippen LogP contribution < -0.4 is 0 Å². The van der Waals surface area contributed by atoms with Crippen LogP contribution in [0.2, 0.25) is 0 Å². The normalized spacial score (nSPS) is 17.7. The largest absolute Gasteiger partial charge is 0.379 e. The van der Waals surface area contributed by atoms with E-state index in [0.717, 1.165) is 0 Å². The molecule has 16 heavy (non-hydrogen) atoms. The van der Waals surface area contributed by atoms with E-state index in [0.29, 0.717) is 37.3 Å². The summed E-state index contributed by atoms with van der Waals surface area (Å²) in [6.07, 6.45) is 0. The van der Waals surface area contributed by atoms with Crippen molar-refractivity contribution in [2.75, 3.05) is 26.3 Å². The van der Waals surface area contributed by atoms with Crippen molar-refractivity contribution >= 4 is 15.9 Å². The molecular weight excluding hydrogens is 280 g/mol. The van der Waals surface area contributed by atoms with Gasteiger partial charge in [-0.05, 0) is 28.1 Å². The van der Waals surface area contributed by atoms with E-state index in [4.69, 9.17) is 4.74 Å². The third-order valence-electron chi connectivity index (χ3n) is 2.62. The summed E-state index contributed by atoms with van der Waals surface area (Å²) in [7, 11) is 0. The standard InChI is InChI=1S/C11H12BrF2NO/c12-9-1-2-10(13)8(11(9)14)7-15-3-5-16-6-4-15/h1-2H,3-7H2. The molecular formula is C11H12BrF2NO. The van der Waals surface area contributed by atoms with Crippen molar-refractivity contribution in [3.63, 3.8) is 0 Å². The molecule has 1 aliphatic rings. The second-order valence-corrected chi connectivity index (χ2v) is 4.56. The number of ether oxygens (including phenoxy) is 1. The molecule has 2 nitrogen and oxygen atoms in total. The molecule has 0 amide bonds. The van der Waals surface area contributed by atoms with Gasteiger partial charge in [-0.3, -0.25) is 4.90 Å². The van der Waals surface area contributed by atoms with Crippen LogP contribution in [-0.4, -0.2) is 31.2 Å². The highest BCUT2D eigenvalue weighted by molar-refractivity contribution is 9.10. The number of rotatable bonds is 2. The second-order valence-electron chi connectivity index (χ2n) is 3.71. The van der Waals surface area contributed by atoms with Crippen LogP contribution in [0, 0.1) is 11.6 Å². The fourth-order valence-electron chi connectivity index (χ4n) is 1.70. The molecule has 1 saturated heterocycles.